The van der Waals surface area contributed by atoms with E-state index >= 15 is 0 Å². The fourth-order valence-electron chi connectivity index (χ4n) is 1.77. The van der Waals surface area contributed by atoms with Gasteiger partial charge in [0.05, 0.1) is 28.3 Å². The Balaban J connectivity index is 0.000000286. The van der Waals surface area contributed by atoms with Gasteiger partial charge in [-0.05, 0) is 6.07 Å². The fourth-order valence-corrected chi connectivity index (χ4v) is 1.77. The maximum Gasteiger partial charge on any atom is 0.217 e. The second kappa shape index (κ2) is 6.36. The molecule has 0 unspecified atom stereocenters. The van der Waals surface area contributed by atoms with E-state index in [0.29, 0.717) is 0 Å². The van der Waals surface area contributed by atoms with Crippen LogP contribution < -0.4 is 0 Å². The Bertz CT molecular complexity index is 656. The standard InChI is InChI=1S/C12H17N2.CH4O4S/c1-14(2,3)9-10-8-13-12-7-5-4-6-11(10)12;1-5-6(2,3)4/h4-8,13H,9H2,1-3H3;1H3,(H,2,3,4)/q+1;/p-1. The molecule has 1 heterocycles. The Hall–Kier alpha value is -1.41. The molecule has 0 bridgehead atoms. The highest BCUT2D eigenvalue weighted by atomic mass is 32.3. The SMILES string of the molecule is COS(=O)(=O)[O-].C[N+](C)(C)Cc1c[nH]c2ccccc12. The molecule has 1 aromatic heterocycles. The zero-order chi connectivity index (χ0) is 15.4. The van der Waals surface area contributed by atoms with Crippen molar-refractivity contribution in [3.05, 3.63) is 36.0 Å². The number of aromatic amines is 1. The third-order valence-electron chi connectivity index (χ3n) is 2.52. The molecule has 0 spiro atoms. The molecular formula is C13H20N2O4S. The van der Waals surface area contributed by atoms with Gasteiger partial charge in [0.2, 0.25) is 10.4 Å². The van der Waals surface area contributed by atoms with Gasteiger partial charge >= 0.3 is 0 Å². The predicted molar refractivity (Wildman–Crippen MR) is 76.7 cm³/mol. The summed E-state index contributed by atoms with van der Waals surface area (Å²) in [4.78, 5) is 3.30. The van der Waals surface area contributed by atoms with Gasteiger partial charge in [-0.3, -0.25) is 4.18 Å². The fraction of sp³-hybridized carbons (Fsp3) is 0.385. The first kappa shape index (κ1) is 16.6. The number of H-pyrrole nitrogens is 1. The highest BCUT2D eigenvalue weighted by Gasteiger charge is 2.11. The quantitative estimate of drug-likeness (QED) is 0.528. The molecule has 0 radical (unpaired) electrons. The van der Waals surface area contributed by atoms with Crippen molar-refractivity contribution in [2.45, 2.75) is 6.54 Å². The predicted octanol–water partition coefficient (Wildman–Crippen LogP) is 1.47. The lowest BCUT2D eigenvalue weighted by Gasteiger charge is -2.23. The summed E-state index contributed by atoms with van der Waals surface area (Å²) in [6.07, 6.45) is 2.12. The van der Waals surface area contributed by atoms with Crippen LogP contribution in [0.3, 0.4) is 0 Å². The topological polar surface area (TPSA) is 82.2 Å². The average molecular weight is 300 g/mol. The van der Waals surface area contributed by atoms with Gasteiger partial charge < -0.3 is 14.0 Å². The summed E-state index contributed by atoms with van der Waals surface area (Å²) >= 11 is 0. The van der Waals surface area contributed by atoms with Crippen LogP contribution in [0.4, 0.5) is 0 Å². The van der Waals surface area contributed by atoms with E-state index < -0.39 is 10.4 Å². The molecular weight excluding hydrogens is 280 g/mol. The van der Waals surface area contributed by atoms with Gasteiger partial charge in [0.15, 0.2) is 0 Å². The van der Waals surface area contributed by atoms with E-state index in [1.165, 1.54) is 16.5 Å². The molecule has 20 heavy (non-hydrogen) atoms. The Labute approximate surface area is 119 Å². The monoisotopic (exact) mass is 300 g/mol. The van der Waals surface area contributed by atoms with E-state index in [4.69, 9.17) is 0 Å². The van der Waals surface area contributed by atoms with Gasteiger partial charge in [0.1, 0.15) is 6.54 Å². The summed E-state index contributed by atoms with van der Waals surface area (Å²) in [6.45, 7) is 1.06. The van der Waals surface area contributed by atoms with E-state index in [0.717, 1.165) is 18.1 Å². The molecule has 0 fully saturated rings. The summed E-state index contributed by atoms with van der Waals surface area (Å²) < 4.78 is 32.0. The number of para-hydroxylation sites is 1. The molecule has 0 saturated heterocycles. The first-order valence-electron chi connectivity index (χ1n) is 5.99. The molecule has 2 rings (SSSR count). The van der Waals surface area contributed by atoms with Crippen molar-refractivity contribution in [1.29, 1.82) is 0 Å². The Kier molecular flexibility index (Phi) is 5.29. The number of quaternary nitrogens is 1. The maximum absolute atomic E-state index is 9.22. The zero-order valence-electron chi connectivity index (χ0n) is 12.1. The van der Waals surface area contributed by atoms with Crippen molar-refractivity contribution < 1.29 is 21.6 Å². The van der Waals surface area contributed by atoms with Gasteiger partial charge in [0.25, 0.3) is 0 Å². The van der Waals surface area contributed by atoms with Gasteiger partial charge in [-0.25, -0.2) is 8.42 Å². The highest BCUT2D eigenvalue weighted by Crippen LogP contribution is 2.19. The zero-order valence-corrected chi connectivity index (χ0v) is 12.9. The first-order valence-corrected chi connectivity index (χ1v) is 7.32. The molecule has 1 N–H and O–H groups in total. The summed E-state index contributed by atoms with van der Waals surface area (Å²) in [5.74, 6) is 0. The number of fused-ring (bicyclic) bond motifs is 1. The average Bonchev–Trinajstić information content (AvgIpc) is 2.71. The normalized spacial score (nSPS) is 12.1. The van der Waals surface area contributed by atoms with Gasteiger partial charge in [0, 0.05) is 22.7 Å². The van der Waals surface area contributed by atoms with Crippen molar-refractivity contribution in [2.24, 2.45) is 0 Å². The third-order valence-corrected chi connectivity index (χ3v) is 2.93. The van der Waals surface area contributed by atoms with Crippen LogP contribution in [0.1, 0.15) is 5.56 Å². The molecule has 2 aromatic rings. The lowest BCUT2D eigenvalue weighted by Crippen LogP contribution is -2.33. The molecule has 0 aliphatic heterocycles. The molecule has 112 valence electrons. The molecule has 6 nitrogen and oxygen atoms in total. The number of hydrogen-bond acceptors (Lipinski definition) is 4. The summed E-state index contributed by atoms with van der Waals surface area (Å²) in [5, 5.41) is 1.35. The van der Waals surface area contributed by atoms with E-state index in [1.807, 2.05) is 0 Å². The minimum absolute atomic E-state index is 0.808. The van der Waals surface area contributed by atoms with Crippen molar-refractivity contribution in [1.82, 2.24) is 4.98 Å². The van der Waals surface area contributed by atoms with Crippen molar-refractivity contribution >= 4 is 21.3 Å². The smallest absolute Gasteiger partial charge is 0.217 e. The van der Waals surface area contributed by atoms with E-state index in [2.05, 4.69) is 60.8 Å². The van der Waals surface area contributed by atoms with Crippen molar-refractivity contribution in [3.63, 3.8) is 0 Å². The molecule has 0 saturated carbocycles. The number of nitrogens with zero attached hydrogens (tertiary/aromatic N) is 1. The van der Waals surface area contributed by atoms with E-state index in [1.54, 1.807) is 0 Å². The lowest BCUT2D eigenvalue weighted by atomic mass is 10.1. The van der Waals surface area contributed by atoms with Crippen LogP contribution in [0.5, 0.6) is 0 Å². The number of rotatable bonds is 3. The first-order chi connectivity index (χ1) is 9.12. The Morgan fingerprint density at radius 2 is 1.80 bits per heavy atom. The summed E-state index contributed by atoms with van der Waals surface area (Å²) in [7, 11) is 3.03. The molecule has 1 aromatic carbocycles. The maximum atomic E-state index is 9.22. The third kappa shape index (κ3) is 5.70. The van der Waals surface area contributed by atoms with E-state index in [-0.39, 0.29) is 0 Å². The van der Waals surface area contributed by atoms with Crippen LogP contribution in [0.2, 0.25) is 0 Å². The van der Waals surface area contributed by atoms with Gasteiger partial charge in [-0.2, -0.15) is 0 Å². The van der Waals surface area contributed by atoms with Crippen LogP contribution in [-0.4, -0.2) is 50.7 Å². The number of hydrogen-bond donors (Lipinski definition) is 1. The second-order valence-electron chi connectivity index (χ2n) is 5.38. The minimum Gasteiger partial charge on any atom is -0.726 e. The van der Waals surface area contributed by atoms with Crippen LogP contribution in [-0.2, 0) is 21.1 Å². The summed E-state index contributed by atoms with van der Waals surface area (Å²) in [6, 6.07) is 8.45. The van der Waals surface area contributed by atoms with Gasteiger partial charge in [-0.1, -0.05) is 18.2 Å². The molecule has 0 atom stereocenters. The van der Waals surface area contributed by atoms with E-state index in [9.17, 15) is 13.0 Å². The lowest BCUT2D eigenvalue weighted by molar-refractivity contribution is -0.883. The molecule has 0 aliphatic rings. The Morgan fingerprint density at radius 3 is 2.30 bits per heavy atom. The van der Waals surface area contributed by atoms with Crippen molar-refractivity contribution in [3.8, 4) is 0 Å². The number of nitrogens with one attached hydrogen (secondary N) is 1. The summed E-state index contributed by atoms with van der Waals surface area (Å²) in [5.41, 5.74) is 2.63. The van der Waals surface area contributed by atoms with Crippen LogP contribution in [0, 0.1) is 0 Å². The second-order valence-corrected chi connectivity index (χ2v) is 6.53. The minimum atomic E-state index is -4.41. The van der Waals surface area contributed by atoms with Gasteiger partial charge in [-0.15, -0.1) is 0 Å². The Morgan fingerprint density at radius 1 is 1.25 bits per heavy atom. The molecule has 0 aliphatic carbocycles. The molecule has 0 amide bonds. The van der Waals surface area contributed by atoms with Crippen LogP contribution >= 0.6 is 0 Å². The number of aromatic nitrogens is 1. The molecule has 7 heteroatoms. The largest absolute Gasteiger partial charge is 0.726 e. The highest BCUT2D eigenvalue weighted by molar-refractivity contribution is 7.80. The number of benzene rings is 1. The van der Waals surface area contributed by atoms with Crippen LogP contribution in [0.15, 0.2) is 30.5 Å². The van der Waals surface area contributed by atoms with Crippen molar-refractivity contribution in [2.75, 3.05) is 28.3 Å². The van der Waals surface area contributed by atoms with Crippen LogP contribution in [0.25, 0.3) is 10.9 Å².